The Morgan fingerprint density at radius 3 is 1.31 bits per heavy atom. The van der Waals surface area contributed by atoms with Crippen LogP contribution in [0, 0.1) is 0 Å². The Balaban J connectivity index is 0. The fraction of sp³-hybridized carbons (Fsp3) is 0.800. The van der Waals surface area contributed by atoms with Gasteiger partial charge in [-0.15, -0.1) is 0 Å². The third-order valence-corrected chi connectivity index (χ3v) is 10.2. The van der Waals surface area contributed by atoms with Gasteiger partial charge in [0.05, 0.1) is 16.1 Å². The van der Waals surface area contributed by atoms with Gasteiger partial charge < -0.3 is 5.48 Å². The molecule has 80 valence electrons. The normalized spacial score (nSPS) is 11.9. The maximum Gasteiger partial charge on any atom is 0.0677 e. The van der Waals surface area contributed by atoms with Crippen LogP contribution in [0.5, 0.6) is 0 Å². The van der Waals surface area contributed by atoms with E-state index >= 15 is 0 Å². The van der Waals surface area contributed by atoms with E-state index in [4.69, 9.17) is 0 Å². The van der Waals surface area contributed by atoms with Gasteiger partial charge in [-0.25, -0.2) is 0 Å². The van der Waals surface area contributed by atoms with Crippen LogP contribution in [0.4, 0.5) is 0 Å². The van der Waals surface area contributed by atoms with Crippen molar-refractivity contribution in [3.05, 3.63) is 10.9 Å². The number of hydrogen-bond donors (Lipinski definition) is 0. The summed E-state index contributed by atoms with van der Waals surface area (Å²) in [5.74, 6) is 0. The van der Waals surface area contributed by atoms with Crippen molar-refractivity contribution in [3.8, 4) is 0 Å². The van der Waals surface area contributed by atoms with E-state index in [2.05, 4.69) is 52.3 Å². The van der Waals surface area contributed by atoms with Crippen molar-refractivity contribution in [3.63, 3.8) is 0 Å². The highest BCUT2D eigenvalue weighted by Gasteiger charge is 2.29. The van der Waals surface area contributed by atoms with Crippen molar-refractivity contribution >= 4 is 16.1 Å². The third-order valence-electron chi connectivity index (χ3n) is 2.02. The molecule has 0 aliphatic rings. The van der Waals surface area contributed by atoms with E-state index in [-0.39, 0.29) is 5.48 Å². The molecule has 3 heteroatoms. The highest BCUT2D eigenvalue weighted by Crippen LogP contribution is 2.25. The topological polar surface area (TPSA) is 31.5 Å². The zero-order valence-electron chi connectivity index (χ0n) is 10.3. The van der Waals surface area contributed by atoms with Gasteiger partial charge in [0.25, 0.3) is 0 Å². The molecule has 0 bridgehead atoms. The van der Waals surface area contributed by atoms with Crippen molar-refractivity contribution in [2.24, 2.45) is 0 Å². The summed E-state index contributed by atoms with van der Waals surface area (Å²) in [5, 5.41) is 0. The molecule has 0 saturated heterocycles. The quantitative estimate of drug-likeness (QED) is 0.651. The summed E-state index contributed by atoms with van der Waals surface area (Å²) in [5.41, 5.74) is 0. The smallest absolute Gasteiger partial charge is 0.0677 e. The van der Waals surface area contributed by atoms with E-state index in [0.29, 0.717) is 0 Å². The molecule has 0 amide bonds. The lowest BCUT2D eigenvalue weighted by molar-refractivity contribution is 0.824. The third kappa shape index (κ3) is 5.44. The maximum atomic E-state index is 2.50. The van der Waals surface area contributed by atoms with Gasteiger partial charge in [-0.3, -0.25) is 0 Å². The van der Waals surface area contributed by atoms with Crippen LogP contribution in [0.25, 0.3) is 0 Å². The first-order chi connectivity index (χ1) is 5.19. The Bertz CT molecular complexity index is 156. The van der Waals surface area contributed by atoms with Gasteiger partial charge in [-0.05, 0) is 6.42 Å². The molecule has 0 aliphatic heterocycles. The second kappa shape index (κ2) is 5.12. The Kier molecular flexibility index (Phi) is 6.15. The molecule has 13 heavy (non-hydrogen) atoms. The summed E-state index contributed by atoms with van der Waals surface area (Å²) in [4.78, 5) is 1.84. The minimum Gasteiger partial charge on any atom is -0.412 e. The molecular formula is C10H26OSi2. The summed E-state index contributed by atoms with van der Waals surface area (Å²) in [6.07, 6.45) is 3.71. The first-order valence-corrected chi connectivity index (χ1v) is 11.9. The van der Waals surface area contributed by atoms with Crippen molar-refractivity contribution < 1.29 is 5.48 Å². The average molecular weight is 218 g/mol. The second-order valence-corrected chi connectivity index (χ2v) is 16.1. The highest BCUT2D eigenvalue weighted by molar-refractivity contribution is 7.04. The van der Waals surface area contributed by atoms with Gasteiger partial charge in [-0.1, -0.05) is 57.1 Å². The van der Waals surface area contributed by atoms with Gasteiger partial charge in [0.2, 0.25) is 0 Å². The van der Waals surface area contributed by atoms with E-state index in [0.717, 1.165) is 0 Å². The molecule has 0 aliphatic carbocycles. The van der Waals surface area contributed by atoms with Crippen molar-refractivity contribution in [2.75, 3.05) is 0 Å². The maximum absolute atomic E-state index is 2.50. The van der Waals surface area contributed by atoms with E-state index < -0.39 is 16.1 Å². The Labute approximate surface area is 85.6 Å². The molecule has 0 heterocycles. The predicted octanol–water partition coefficient (Wildman–Crippen LogP) is 3.25. The lowest BCUT2D eigenvalue weighted by Crippen LogP contribution is -2.39. The van der Waals surface area contributed by atoms with Crippen LogP contribution in [-0.2, 0) is 0 Å². The predicted molar refractivity (Wildman–Crippen MR) is 68.7 cm³/mol. The molecule has 0 aromatic heterocycles. The molecule has 0 rings (SSSR count). The van der Waals surface area contributed by atoms with Gasteiger partial charge in [0.15, 0.2) is 0 Å². The second-order valence-electron chi connectivity index (χ2n) is 5.53. The molecule has 0 atom stereocenters. The van der Waals surface area contributed by atoms with Gasteiger partial charge in [0, 0.05) is 0 Å². The summed E-state index contributed by atoms with van der Waals surface area (Å²) < 4.78 is 0. The minimum atomic E-state index is -1.02. The van der Waals surface area contributed by atoms with E-state index in [1.165, 1.54) is 6.42 Å². The summed E-state index contributed by atoms with van der Waals surface area (Å²) in [7, 11) is -2.04. The van der Waals surface area contributed by atoms with E-state index in [1.54, 1.807) is 0 Å². The number of hydrogen-bond acceptors (Lipinski definition) is 0. The molecule has 0 radical (unpaired) electrons. The highest BCUT2D eigenvalue weighted by atomic mass is 28.4. The largest absolute Gasteiger partial charge is 0.412 e. The van der Waals surface area contributed by atoms with Crippen molar-refractivity contribution in [1.29, 1.82) is 0 Å². The summed E-state index contributed by atoms with van der Waals surface area (Å²) >= 11 is 0. The zero-order chi connectivity index (χ0) is 9.99. The van der Waals surface area contributed by atoms with Gasteiger partial charge >= 0.3 is 0 Å². The van der Waals surface area contributed by atoms with Crippen LogP contribution in [0.2, 0.25) is 39.3 Å². The molecule has 0 unspecified atom stereocenters. The fourth-order valence-corrected chi connectivity index (χ4v) is 12.6. The minimum absolute atomic E-state index is 0. The molecule has 0 saturated carbocycles. The molecule has 1 nitrogen and oxygen atoms in total. The van der Waals surface area contributed by atoms with Crippen LogP contribution >= 0.6 is 0 Å². The van der Waals surface area contributed by atoms with Crippen LogP contribution in [0.15, 0.2) is 10.9 Å². The standard InChI is InChI=1S/C10H24Si2.H2O/c1-8-9-10(11(2,3)4)12(5,6)7;/h9H,8H2,1-7H3;1H2. The monoisotopic (exact) mass is 218 g/mol. The molecule has 0 spiro atoms. The van der Waals surface area contributed by atoms with Crippen LogP contribution in [0.1, 0.15) is 13.3 Å². The number of allylic oxidation sites excluding steroid dienone is 1. The van der Waals surface area contributed by atoms with Crippen molar-refractivity contribution in [2.45, 2.75) is 52.6 Å². The first-order valence-electron chi connectivity index (χ1n) is 4.90. The molecule has 0 fully saturated rings. The Hall–Kier alpha value is 0.134. The fourth-order valence-electron chi connectivity index (χ4n) is 1.94. The van der Waals surface area contributed by atoms with Crippen LogP contribution in [0.3, 0.4) is 0 Å². The van der Waals surface area contributed by atoms with Gasteiger partial charge in [0.1, 0.15) is 0 Å². The Morgan fingerprint density at radius 2 is 1.23 bits per heavy atom. The van der Waals surface area contributed by atoms with Crippen LogP contribution < -0.4 is 0 Å². The lowest BCUT2D eigenvalue weighted by Gasteiger charge is -2.31. The van der Waals surface area contributed by atoms with Crippen LogP contribution in [-0.4, -0.2) is 21.6 Å². The summed E-state index contributed by atoms with van der Waals surface area (Å²) in [6, 6.07) is 0. The first kappa shape index (κ1) is 15.6. The average Bonchev–Trinajstić information content (AvgIpc) is 1.77. The molecule has 0 aromatic carbocycles. The molecule has 2 N–H and O–H groups in total. The summed E-state index contributed by atoms with van der Waals surface area (Å²) in [6.45, 7) is 17.0. The molecular weight excluding hydrogens is 192 g/mol. The van der Waals surface area contributed by atoms with E-state index in [1.807, 2.05) is 4.82 Å². The SMILES string of the molecule is CCC=C([Si](C)(C)C)[Si](C)(C)C.O. The van der Waals surface area contributed by atoms with Gasteiger partial charge in [-0.2, -0.15) is 0 Å². The zero-order valence-corrected chi connectivity index (χ0v) is 12.3. The van der Waals surface area contributed by atoms with E-state index in [9.17, 15) is 0 Å². The lowest BCUT2D eigenvalue weighted by atomic mass is 10.5. The molecule has 0 aromatic rings. The van der Waals surface area contributed by atoms with Crippen molar-refractivity contribution in [1.82, 2.24) is 0 Å². The number of rotatable bonds is 3. The Morgan fingerprint density at radius 1 is 0.923 bits per heavy atom.